The lowest BCUT2D eigenvalue weighted by Crippen LogP contribution is -2.05. The lowest BCUT2D eigenvalue weighted by Gasteiger charge is -2.08. The fourth-order valence-electron chi connectivity index (χ4n) is 2.47. The average Bonchev–Trinajstić information content (AvgIpc) is 2.93. The number of hydrogen-bond acceptors (Lipinski definition) is 3. The van der Waals surface area contributed by atoms with Gasteiger partial charge in [-0.1, -0.05) is 23.5 Å². The molecule has 4 aromatic rings. The lowest BCUT2D eigenvalue weighted by molar-refractivity contribution is -0.137. The number of nitrogen functional groups attached to an aromatic ring is 1. The zero-order chi connectivity index (χ0) is 14.8. The summed E-state index contributed by atoms with van der Waals surface area (Å²) in [6.07, 6.45) is -4.42. The van der Waals surface area contributed by atoms with Crippen molar-refractivity contribution < 1.29 is 13.2 Å². The minimum atomic E-state index is -4.42. The van der Waals surface area contributed by atoms with Crippen molar-refractivity contribution in [3.63, 3.8) is 0 Å². The molecule has 2 N–H and O–H groups in total. The standard InChI is InChI=1S/C14H8F3N3S/c15-14(16,17)7-5-8(18)12-11(6-7)20-10-4-2-1-3-9(10)19-13(20)21-12/h1-6H,18H2. The summed E-state index contributed by atoms with van der Waals surface area (Å²) < 4.78 is 41.2. The van der Waals surface area contributed by atoms with Crippen LogP contribution in [0.5, 0.6) is 0 Å². The molecular weight excluding hydrogens is 299 g/mol. The van der Waals surface area contributed by atoms with Gasteiger partial charge in [0.1, 0.15) is 0 Å². The maximum Gasteiger partial charge on any atom is 0.416 e. The molecular formula is C14H8F3N3S. The second kappa shape index (κ2) is 3.88. The smallest absolute Gasteiger partial charge is 0.398 e. The van der Waals surface area contributed by atoms with Gasteiger partial charge in [0, 0.05) is 0 Å². The molecule has 7 heteroatoms. The molecule has 106 valence electrons. The van der Waals surface area contributed by atoms with Crippen LogP contribution in [-0.4, -0.2) is 9.38 Å². The number of hydrogen-bond donors (Lipinski definition) is 1. The first kappa shape index (κ1) is 12.5. The van der Waals surface area contributed by atoms with E-state index in [0.29, 0.717) is 15.2 Å². The van der Waals surface area contributed by atoms with Crippen molar-refractivity contribution in [3.8, 4) is 0 Å². The predicted octanol–water partition coefficient (Wildman–Crippen LogP) is 4.30. The van der Waals surface area contributed by atoms with Crippen molar-refractivity contribution >= 4 is 43.2 Å². The molecule has 0 fully saturated rings. The summed E-state index contributed by atoms with van der Waals surface area (Å²) >= 11 is 1.29. The molecule has 0 saturated carbocycles. The number of benzene rings is 2. The van der Waals surface area contributed by atoms with Crippen LogP contribution in [0.3, 0.4) is 0 Å². The van der Waals surface area contributed by atoms with E-state index in [1.807, 2.05) is 24.3 Å². The van der Waals surface area contributed by atoms with Crippen LogP contribution in [0.4, 0.5) is 18.9 Å². The van der Waals surface area contributed by atoms with E-state index in [1.165, 1.54) is 11.3 Å². The summed E-state index contributed by atoms with van der Waals surface area (Å²) in [5.74, 6) is 0. The Bertz CT molecular complexity index is 997. The summed E-state index contributed by atoms with van der Waals surface area (Å²) in [6.45, 7) is 0. The molecule has 2 aromatic carbocycles. The van der Waals surface area contributed by atoms with Crippen LogP contribution >= 0.6 is 11.3 Å². The topological polar surface area (TPSA) is 43.3 Å². The van der Waals surface area contributed by atoms with Gasteiger partial charge in [0.2, 0.25) is 0 Å². The third kappa shape index (κ3) is 1.70. The zero-order valence-corrected chi connectivity index (χ0v) is 11.3. The highest BCUT2D eigenvalue weighted by molar-refractivity contribution is 7.24. The largest absolute Gasteiger partial charge is 0.416 e. The molecule has 3 nitrogen and oxygen atoms in total. The minimum absolute atomic E-state index is 0.124. The number of nitrogens with two attached hydrogens (primary N) is 1. The van der Waals surface area contributed by atoms with Crippen LogP contribution in [0.15, 0.2) is 36.4 Å². The molecule has 21 heavy (non-hydrogen) atoms. The second-order valence-corrected chi connectivity index (χ2v) is 5.71. The molecule has 2 heterocycles. The van der Waals surface area contributed by atoms with Crippen molar-refractivity contribution in [2.75, 3.05) is 5.73 Å². The predicted molar refractivity (Wildman–Crippen MR) is 77.5 cm³/mol. The SMILES string of the molecule is Nc1cc(C(F)(F)F)cc2c1sc1nc3ccccc3n12. The summed E-state index contributed by atoms with van der Waals surface area (Å²) in [5, 5.41) is 0. The van der Waals surface area contributed by atoms with Gasteiger partial charge < -0.3 is 5.73 Å². The molecule has 0 aliphatic heterocycles. The number of para-hydroxylation sites is 2. The Morgan fingerprint density at radius 1 is 1.10 bits per heavy atom. The Balaban J connectivity index is 2.20. The molecule has 0 amide bonds. The highest BCUT2D eigenvalue weighted by atomic mass is 32.1. The number of halogens is 3. The molecule has 0 saturated heterocycles. The number of imidazole rings is 1. The fourth-order valence-corrected chi connectivity index (χ4v) is 3.52. The second-order valence-electron chi connectivity index (χ2n) is 4.73. The van der Waals surface area contributed by atoms with Gasteiger partial charge in [-0.15, -0.1) is 0 Å². The molecule has 0 radical (unpaired) electrons. The normalized spacial score (nSPS) is 12.7. The van der Waals surface area contributed by atoms with Crippen molar-refractivity contribution in [2.24, 2.45) is 0 Å². The third-order valence-electron chi connectivity index (χ3n) is 3.39. The average molecular weight is 307 g/mol. The lowest BCUT2D eigenvalue weighted by atomic mass is 10.2. The van der Waals surface area contributed by atoms with Crippen LogP contribution in [0, 0.1) is 0 Å². The summed E-state index contributed by atoms with van der Waals surface area (Å²) in [6, 6.07) is 9.44. The monoisotopic (exact) mass is 307 g/mol. The maximum absolute atomic E-state index is 13.0. The van der Waals surface area contributed by atoms with Crippen molar-refractivity contribution in [2.45, 2.75) is 6.18 Å². The van der Waals surface area contributed by atoms with Gasteiger partial charge >= 0.3 is 6.18 Å². The number of anilines is 1. The Hall–Kier alpha value is -2.28. The van der Waals surface area contributed by atoms with Gasteiger partial charge in [0.05, 0.1) is 32.5 Å². The zero-order valence-electron chi connectivity index (χ0n) is 10.5. The molecule has 0 bridgehead atoms. The fraction of sp³-hybridized carbons (Fsp3) is 0.0714. The first-order chi connectivity index (χ1) is 9.95. The third-order valence-corrected chi connectivity index (χ3v) is 4.50. The highest BCUT2D eigenvalue weighted by Gasteiger charge is 2.32. The molecule has 2 aromatic heterocycles. The Kier molecular flexibility index (Phi) is 2.30. The van der Waals surface area contributed by atoms with Crippen LogP contribution < -0.4 is 5.73 Å². The van der Waals surface area contributed by atoms with Crippen molar-refractivity contribution in [1.29, 1.82) is 0 Å². The van der Waals surface area contributed by atoms with E-state index < -0.39 is 11.7 Å². The van der Waals surface area contributed by atoms with Gasteiger partial charge in [-0.3, -0.25) is 4.40 Å². The van der Waals surface area contributed by atoms with E-state index in [0.717, 1.165) is 23.2 Å². The number of thiazole rings is 1. The quantitative estimate of drug-likeness (QED) is 0.492. The Labute approximate surface area is 120 Å². The maximum atomic E-state index is 13.0. The van der Waals surface area contributed by atoms with Crippen molar-refractivity contribution in [3.05, 3.63) is 42.0 Å². The van der Waals surface area contributed by atoms with Gasteiger partial charge in [-0.2, -0.15) is 13.2 Å². The molecule has 0 spiro atoms. The van der Waals surface area contributed by atoms with E-state index >= 15 is 0 Å². The highest BCUT2D eigenvalue weighted by Crippen LogP contribution is 2.39. The van der Waals surface area contributed by atoms with Gasteiger partial charge in [0.15, 0.2) is 4.96 Å². The summed E-state index contributed by atoms with van der Waals surface area (Å²) in [7, 11) is 0. The van der Waals surface area contributed by atoms with E-state index in [-0.39, 0.29) is 5.69 Å². The van der Waals surface area contributed by atoms with E-state index in [9.17, 15) is 13.2 Å². The summed E-state index contributed by atoms with van der Waals surface area (Å²) in [4.78, 5) is 5.07. The van der Waals surface area contributed by atoms with Crippen LogP contribution in [0.25, 0.3) is 26.2 Å². The first-order valence-electron chi connectivity index (χ1n) is 6.11. The van der Waals surface area contributed by atoms with Crippen LogP contribution in [0.1, 0.15) is 5.56 Å². The molecule has 4 rings (SSSR count). The number of fused-ring (bicyclic) bond motifs is 5. The van der Waals surface area contributed by atoms with E-state index in [2.05, 4.69) is 4.98 Å². The van der Waals surface area contributed by atoms with E-state index in [1.54, 1.807) is 4.40 Å². The van der Waals surface area contributed by atoms with Crippen LogP contribution in [0.2, 0.25) is 0 Å². The molecule has 0 unspecified atom stereocenters. The van der Waals surface area contributed by atoms with Crippen LogP contribution in [-0.2, 0) is 6.18 Å². The van der Waals surface area contributed by atoms with Gasteiger partial charge in [-0.25, -0.2) is 4.98 Å². The Morgan fingerprint density at radius 3 is 2.62 bits per heavy atom. The first-order valence-corrected chi connectivity index (χ1v) is 6.93. The van der Waals surface area contributed by atoms with Gasteiger partial charge in [-0.05, 0) is 24.3 Å². The number of nitrogens with zero attached hydrogens (tertiary/aromatic N) is 2. The summed E-state index contributed by atoms with van der Waals surface area (Å²) in [5.41, 5.74) is 7.14. The van der Waals surface area contributed by atoms with Gasteiger partial charge in [0.25, 0.3) is 0 Å². The molecule has 0 aliphatic rings. The number of alkyl halides is 3. The molecule has 0 atom stereocenters. The minimum Gasteiger partial charge on any atom is -0.398 e. The number of rotatable bonds is 0. The van der Waals surface area contributed by atoms with E-state index in [4.69, 9.17) is 5.73 Å². The number of aromatic nitrogens is 2. The molecule has 0 aliphatic carbocycles. The van der Waals surface area contributed by atoms with Crippen molar-refractivity contribution in [1.82, 2.24) is 9.38 Å². The Morgan fingerprint density at radius 2 is 1.86 bits per heavy atom.